The van der Waals surface area contributed by atoms with E-state index in [1.807, 2.05) is 38.1 Å². The maximum atomic E-state index is 11.3. The lowest BCUT2D eigenvalue weighted by Crippen LogP contribution is -2.13. The summed E-state index contributed by atoms with van der Waals surface area (Å²) in [5.41, 5.74) is 3.05. The lowest BCUT2D eigenvalue weighted by Gasteiger charge is -2.18. The maximum Gasteiger partial charge on any atom is 0.341 e. The molecule has 5 nitrogen and oxygen atoms in total. The van der Waals surface area contributed by atoms with Crippen LogP contribution in [-0.2, 0) is 7.05 Å². The van der Waals surface area contributed by atoms with Crippen molar-refractivity contribution in [2.45, 2.75) is 26.8 Å². The van der Waals surface area contributed by atoms with Gasteiger partial charge in [0.25, 0.3) is 0 Å². The molecule has 1 heterocycles. The molecule has 1 atom stereocenters. The molecule has 0 radical (unpaired) electrons. The minimum Gasteiger partial charge on any atom is -0.477 e. The first kappa shape index (κ1) is 14.1. The Bertz CT molecular complexity index is 647. The van der Waals surface area contributed by atoms with Crippen molar-refractivity contribution < 1.29 is 9.90 Å². The minimum absolute atomic E-state index is 0.00380. The van der Waals surface area contributed by atoms with Crippen LogP contribution in [-0.4, -0.2) is 20.9 Å². The van der Waals surface area contributed by atoms with Gasteiger partial charge in [-0.2, -0.15) is 5.10 Å². The monoisotopic (exact) mass is 273 g/mol. The number of hydrogen-bond acceptors (Lipinski definition) is 3. The highest BCUT2D eigenvalue weighted by atomic mass is 16.4. The number of anilines is 1. The fraction of sp³-hybridized carbons (Fsp3) is 0.333. The van der Waals surface area contributed by atoms with Gasteiger partial charge in [-0.25, -0.2) is 4.79 Å². The summed E-state index contributed by atoms with van der Waals surface area (Å²) in [6, 6.07) is 8.05. The molecule has 2 aromatic rings. The number of carboxylic acids is 1. The standard InChI is InChI=1S/C15H19N3O2/c1-9-7-5-6-8-12(9)10(2)16-14-13(15(19)20)11(3)17-18(14)4/h5-8,10,16H,1-4H3,(H,19,20). The van der Waals surface area contributed by atoms with Crippen molar-refractivity contribution in [1.82, 2.24) is 9.78 Å². The van der Waals surface area contributed by atoms with Crippen LogP contribution in [0.3, 0.4) is 0 Å². The van der Waals surface area contributed by atoms with Crippen molar-refractivity contribution >= 4 is 11.8 Å². The zero-order chi connectivity index (χ0) is 14.9. The molecule has 1 aromatic carbocycles. The van der Waals surface area contributed by atoms with Crippen molar-refractivity contribution in [3.63, 3.8) is 0 Å². The zero-order valence-corrected chi connectivity index (χ0v) is 12.1. The van der Waals surface area contributed by atoms with Gasteiger partial charge in [-0.15, -0.1) is 0 Å². The summed E-state index contributed by atoms with van der Waals surface area (Å²) in [5.74, 6) is -0.430. The second-order valence-electron chi connectivity index (χ2n) is 4.96. The zero-order valence-electron chi connectivity index (χ0n) is 12.1. The van der Waals surface area contributed by atoms with Gasteiger partial charge in [-0.3, -0.25) is 4.68 Å². The van der Waals surface area contributed by atoms with E-state index in [2.05, 4.69) is 10.4 Å². The maximum absolute atomic E-state index is 11.3. The van der Waals surface area contributed by atoms with Gasteiger partial charge in [0.2, 0.25) is 0 Å². The van der Waals surface area contributed by atoms with Crippen molar-refractivity contribution in [3.8, 4) is 0 Å². The molecule has 1 unspecified atom stereocenters. The summed E-state index contributed by atoms with van der Waals surface area (Å²) in [7, 11) is 1.74. The molecule has 0 aliphatic carbocycles. The predicted molar refractivity (Wildman–Crippen MR) is 78.1 cm³/mol. The van der Waals surface area contributed by atoms with Crippen LogP contribution >= 0.6 is 0 Å². The number of benzene rings is 1. The van der Waals surface area contributed by atoms with Gasteiger partial charge in [-0.1, -0.05) is 24.3 Å². The molecule has 20 heavy (non-hydrogen) atoms. The Balaban J connectivity index is 2.36. The number of aromatic carboxylic acids is 1. The summed E-state index contributed by atoms with van der Waals surface area (Å²) in [6.45, 7) is 5.75. The van der Waals surface area contributed by atoms with Crippen molar-refractivity contribution in [2.24, 2.45) is 7.05 Å². The van der Waals surface area contributed by atoms with E-state index in [4.69, 9.17) is 0 Å². The molecule has 0 aliphatic rings. The Morgan fingerprint density at radius 1 is 1.35 bits per heavy atom. The van der Waals surface area contributed by atoms with Crippen molar-refractivity contribution in [3.05, 3.63) is 46.6 Å². The van der Waals surface area contributed by atoms with Gasteiger partial charge >= 0.3 is 5.97 Å². The van der Waals surface area contributed by atoms with Crippen LogP contribution in [0.1, 0.15) is 40.1 Å². The third kappa shape index (κ3) is 2.52. The third-order valence-electron chi connectivity index (χ3n) is 3.44. The summed E-state index contributed by atoms with van der Waals surface area (Å²) in [5, 5.41) is 16.7. The average Bonchev–Trinajstić information content (AvgIpc) is 2.64. The van der Waals surface area contributed by atoms with Gasteiger partial charge < -0.3 is 10.4 Å². The molecule has 0 saturated carbocycles. The summed E-state index contributed by atoms with van der Waals surface area (Å²) in [4.78, 5) is 11.3. The molecule has 0 bridgehead atoms. The van der Waals surface area contributed by atoms with Gasteiger partial charge in [0, 0.05) is 7.05 Å². The van der Waals surface area contributed by atoms with Crippen molar-refractivity contribution in [2.75, 3.05) is 5.32 Å². The van der Waals surface area contributed by atoms with Crippen molar-refractivity contribution in [1.29, 1.82) is 0 Å². The Kier molecular flexibility index (Phi) is 3.79. The molecule has 0 saturated heterocycles. The molecule has 0 amide bonds. The van der Waals surface area contributed by atoms with Crippen LogP contribution in [0, 0.1) is 13.8 Å². The van der Waals surface area contributed by atoms with Crippen LogP contribution in [0.15, 0.2) is 24.3 Å². The van der Waals surface area contributed by atoms with Gasteiger partial charge in [0.05, 0.1) is 11.7 Å². The topological polar surface area (TPSA) is 67.2 Å². The van der Waals surface area contributed by atoms with Crippen LogP contribution < -0.4 is 5.32 Å². The van der Waals surface area contributed by atoms with Crippen LogP contribution in [0.4, 0.5) is 5.82 Å². The van der Waals surface area contributed by atoms with Crippen LogP contribution in [0.25, 0.3) is 0 Å². The van der Waals surface area contributed by atoms with E-state index >= 15 is 0 Å². The molecule has 2 N–H and O–H groups in total. The first-order chi connectivity index (χ1) is 9.41. The Labute approximate surface area is 118 Å². The summed E-state index contributed by atoms with van der Waals surface area (Å²) >= 11 is 0. The number of aromatic nitrogens is 2. The molecule has 5 heteroatoms. The number of nitrogens with zero attached hydrogens (tertiary/aromatic N) is 2. The molecule has 0 fully saturated rings. The third-order valence-corrected chi connectivity index (χ3v) is 3.44. The Morgan fingerprint density at radius 3 is 2.60 bits per heavy atom. The largest absolute Gasteiger partial charge is 0.477 e. The average molecular weight is 273 g/mol. The number of carbonyl (C=O) groups is 1. The molecular formula is C15H19N3O2. The van der Waals surface area contributed by atoms with E-state index in [9.17, 15) is 9.90 Å². The Hall–Kier alpha value is -2.30. The van der Waals surface area contributed by atoms with E-state index in [0.717, 1.165) is 5.56 Å². The van der Waals surface area contributed by atoms with Crippen LogP contribution in [0.2, 0.25) is 0 Å². The second-order valence-corrected chi connectivity index (χ2v) is 4.96. The van der Waals surface area contributed by atoms with Gasteiger partial charge in [0.1, 0.15) is 11.4 Å². The molecule has 0 aliphatic heterocycles. The summed E-state index contributed by atoms with van der Waals surface area (Å²) < 4.78 is 1.58. The molecule has 2 rings (SSSR count). The number of hydrogen-bond donors (Lipinski definition) is 2. The highest BCUT2D eigenvalue weighted by Crippen LogP contribution is 2.25. The fourth-order valence-corrected chi connectivity index (χ4v) is 2.44. The second kappa shape index (κ2) is 5.36. The lowest BCUT2D eigenvalue weighted by molar-refractivity contribution is 0.0697. The first-order valence-corrected chi connectivity index (χ1v) is 6.50. The lowest BCUT2D eigenvalue weighted by atomic mass is 10.0. The van der Waals surface area contributed by atoms with E-state index in [0.29, 0.717) is 11.5 Å². The quantitative estimate of drug-likeness (QED) is 0.898. The number of nitrogens with one attached hydrogen (secondary N) is 1. The number of rotatable bonds is 4. The normalized spacial score (nSPS) is 12.2. The van der Waals surface area contributed by atoms with Gasteiger partial charge in [-0.05, 0) is 31.9 Å². The molecular weight excluding hydrogens is 254 g/mol. The Morgan fingerprint density at radius 2 is 2.00 bits per heavy atom. The minimum atomic E-state index is -0.963. The van der Waals surface area contributed by atoms with Gasteiger partial charge in [0.15, 0.2) is 0 Å². The van der Waals surface area contributed by atoms with E-state index in [1.54, 1.807) is 18.7 Å². The predicted octanol–water partition coefficient (Wildman–Crippen LogP) is 2.91. The molecule has 0 spiro atoms. The van der Waals surface area contributed by atoms with E-state index in [1.165, 1.54) is 5.56 Å². The smallest absolute Gasteiger partial charge is 0.341 e. The number of aryl methyl sites for hydroxylation is 3. The molecule has 1 aromatic heterocycles. The highest BCUT2D eigenvalue weighted by molar-refractivity contribution is 5.94. The SMILES string of the molecule is Cc1ccccc1C(C)Nc1c(C(=O)O)c(C)nn1C. The van der Waals surface area contributed by atoms with E-state index < -0.39 is 5.97 Å². The number of carboxylic acid groups (broad SMARTS) is 1. The molecule has 106 valence electrons. The highest BCUT2D eigenvalue weighted by Gasteiger charge is 2.21. The van der Waals surface area contributed by atoms with E-state index in [-0.39, 0.29) is 11.6 Å². The fourth-order valence-electron chi connectivity index (χ4n) is 2.44. The first-order valence-electron chi connectivity index (χ1n) is 6.50. The van der Waals surface area contributed by atoms with Crippen LogP contribution in [0.5, 0.6) is 0 Å². The summed E-state index contributed by atoms with van der Waals surface area (Å²) in [6.07, 6.45) is 0.